The van der Waals surface area contributed by atoms with E-state index in [1.807, 2.05) is 116 Å². The van der Waals surface area contributed by atoms with Gasteiger partial charge in [0.1, 0.15) is 17.5 Å². The van der Waals surface area contributed by atoms with Gasteiger partial charge in [-0.05, 0) is 352 Å². The first kappa shape index (κ1) is 105. The number of carboxylic acids is 3. The van der Waals surface area contributed by atoms with Crippen molar-refractivity contribution in [1.82, 2.24) is 59.5 Å². The summed E-state index contributed by atoms with van der Waals surface area (Å²) in [7, 11) is 0. The Morgan fingerprint density at radius 2 is 0.704 bits per heavy atom. The van der Waals surface area contributed by atoms with Gasteiger partial charge in [0, 0.05) is 141 Å². The summed E-state index contributed by atoms with van der Waals surface area (Å²) in [6.45, 7) is 39.2. The maximum absolute atomic E-state index is 14.4. The van der Waals surface area contributed by atoms with E-state index in [0.29, 0.717) is 76.4 Å². The lowest BCUT2D eigenvalue weighted by Gasteiger charge is -2.52. The van der Waals surface area contributed by atoms with Gasteiger partial charge in [-0.3, -0.25) is 14.4 Å². The predicted octanol–water partition coefficient (Wildman–Crippen LogP) is 21.6. The van der Waals surface area contributed by atoms with E-state index in [1.54, 1.807) is 0 Å². The number of nitrogens with one attached hydrogen (secondary N) is 4. The fraction of sp³-hybridized carbons (Fsp3) is 0.565. The first-order valence-electron chi connectivity index (χ1n) is 51.1. The fourth-order valence-corrected chi connectivity index (χ4v) is 25.6. The molecule has 0 bridgehead atoms. The van der Waals surface area contributed by atoms with Crippen molar-refractivity contribution in [2.45, 2.75) is 208 Å². The molecule has 12 heterocycles. The number of nitrogens with zero attached hydrogens (tertiary/aromatic N) is 16. The summed E-state index contributed by atoms with van der Waals surface area (Å²) < 4.78 is 16.1. The van der Waals surface area contributed by atoms with Crippen molar-refractivity contribution in [2.75, 3.05) is 159 Å². The molecule has 9 aromatic rings. The number of carbonyl (C=O) groups is 3. The first-order valence-corrected chi connectivity index (χ1v) is 54.2. The van der Waals surface area contributed by atoms with E-state index < -0.39 is 40.0 Å². The molecule has 0 radical (unpaired) electrons. The minimum absolute atomic E-state index is 0.00361. The second kappa shape index (κ2) is 45.0. The van der Waals surface area contributed by atoms with Crippen LogP contribution >= 0.6 is 78.3 Å². The highest BCUT2D eigenvalue weighted by molar-refractivity contribution is 9.11. The monoisotopic (exact) mass is 2140 g/mol. The zero-order valence-corrected chi connectivity index (χ0v) is 89.8. The third-order valence-corrected chi connectivity index (χ3v) is 35.2. The molecule has 27 nitrogen and oxygen atoms in total. The van der Waals surface area contributed by atoms with E-state index >= 15 is 0 Å². The lowest BCUT2D eigenvalue weighted by Crippen LogP contribution is -2.58. The van der Waals surface area contributed by atoms with Gasteiger partial charge < -0.3 is 80.9 Å². The van der Waals surface area contributed by atoms with Gasteiger partial charge in [-0.15, -0.1) is 0 Å². The van der Waals surface area contributed by atoms with Crippen molar-refractivity contribution in [2.24, 2.45) is 63.6 Å². The molecule has 0 spiro atoms. The van der Waals surface area contributed by atoms with Gasteiger partial charge >= 0.3 is 17.9 Å². The van der Waals surface area contributed by atoms with Gasteiger partial charge in [-0.25, -0.2) is 24.3 Å². The molecule has 8 aliphatic heterocycles. The Hall–Kier alpha value is -8.66. The number of para-hydroxylation sites is 1. The second-order valence-corrected chi connectivity index (χ2v) is 47.0. The number of piperidine rings is 4. The van der Waals surface area contributed by atoms with E-state index in [2.05, 4.69) is 182 Å². The van der Waals surface area contributed by atoms with Gasteiger partial charge in [-0.2, -0.15) is 19.9 Å². The van der Waals surface area contributed by atoms with Crippen LogP contribution in [0.4, 0.5) is 51.5 Å². The van der Waals surface area contributed by atoms with Crippen LogP contribution in [0.3, 0.4) is 0 Å². The topological polar surface area (TPSA) is 309 Å². The maximum atomic E-state index is 14.4. The van der Waals surface area contributed by atoms with Gasteiger partial charge in [-0.1, -0.05) is 107 Å². The van der Waals surface area contributed by atoms with Gasteiger partial charge in [0.15, 0.2) is 11.6 Å². The molecule has 142 heavy (non-hydrogen) atoms. The number of β-amino-alcohol motifs (C(OH)–C–C–N with tert-alkyl or cyclic N) is 1. The number of anilines is 8. The standard InChI is InChI=1S/C31H38ClN5O2.2C27H35BrClN5O2.C23H31ClFN5O/c1-19-10-11-24(26(32)13-19)20(2)33-28-25-8-4-5-9-27(25)34-30(35-28)37-17-22(18-37)21-7-6-12-36(16-21)23-14-31(3,15-23)29(38)39;2*1-16-6-7-21(23(29)9-16)17(2)31-24-22(28)12-30-26(32-24)34-14-19(15-34)18-5-4-8-33(13-18)20-10-27(3,11-20)25(35)36;1-15-5-6-19(20(24)10-15)16(2)27-22-21(25)11-26-23(28-22)30-13-18(14-30)17-4-3-7-29(12-17)8-9-31/h4-5,8-11,13,20-23H,6-7,12,14-18H2,1-3H3,(H,38,39)(H,33,34,35);2*6-7,9,12,17-20H,4-5,8,10-11,13-15H2,1-3H3,(H,35,36)(H,30,31,32);5-6,10-11,16-18,31H,3-4,7-9,12-14H2,1-2H3,(H,26,27,28). The van der Waals surface area contributed by atoms with E-state index in [1.165, 1.54) is 57.6 Å². The lowest BCUT2D eigenvalue weighted by atomic mass is 9.65. The SMILES string of the molecule is Cc1ccc(C(C)Nc2nc(N3CC(C4CCCN(C5CC(C)(C(=O)O)C5)C4)C3)nc3ccccc23)c(Cl)c1.Cc1ccc(C(C)Nc2nc(N3CC(C4CCCN(C5CC(C)(C(=O)O)C5)C4)C3)ncc2Br)c(Cl)c1.Cc1ccc(C(C)Nc2nc(N3CC(C4CCCN(C5CC(C)(C(=O)O)C5)C4)C3)ncc2Br)c(Cl)c1.Cc1ccc(C(C)Nc2nc(N3CC(C4CCCN(CCO)C4)C3)ncc2F)c(Cl)c1. The van der Waals surface area contributed by atoms with Crippen LogP contribution in [0.2, 0.25) is 20.1 Å². The Bertz CT molecular complexity index is 5800. The summed E-state index contributed by atoms with van der Waals surface area (Å²) in [4.78, 5) is 90.9. The molecule has 762 valence electrons. The number of halogens is 7. The van der Waals surface area contributed by atoms with Crippen LogP contribution in [0.15, 0.2) is 125 Å². The number of fused-ring (bicyclic) bond motifs is 1. The first-order chi connectivity index (χ1) is 67.9. The van der Waals surface area contributed by atoms with Crippen molar-refractivity contribution in [3.8, 4) is 0 Å². The Morgan fingerprint density at radius 3 is 1.05 bits per heavy atom. The van der Waals surface area contributed by atoms with Crippen LogP contribution in [0, 0.1) is 97.1 Å². The highest BCUT2D eigenvalue weighted by atomic mass is 79.9. The number of carboxylic acid groups (broad SMARTS) is 3. The Kier molecular flexibility index (Phi) is 33.2. The van der Waals surface area contributed by atoms with Crippen molar-refractivity contribution in [3.05, 3.63) is 195 Å². The summed E-state index contributed by atoms with van der Waals surface area (Å²) in [5.74, 6) is 8.06. The number of aliphatic hydroxyl groups is 1. The van der Waals surface area contributed by atoms with E-state index in [-0.39, 0.29) is 36.6 Å². The molecule has 5 aromatic carbocycles. The number of aromatic nitrogens is 8. The number of aliphatic hydroxyl groups excluding tert-OH is 1. The lowest BCUT2D eigenvalue weighted by molar-refractivity contribution is -0.159. The minimum atomic E-state index is -0.651. The Morgan fingerprint density at radius 1 is 0.401 bits per heavy atom. The average Bonchev–Trinajstić information content (AvgIpc) is 0.764. The number of likely N-dealkylation sites (tertiary alicyclic amines) is 4. The molecular formula is C108H139Br2Cl4FN20O7. The molecule has 11 fully saturated rings. The molecule has 3 aliphatic carbocycles. The van der Waals surface area contributed by atoms with Crippen LogP contribution in [0.25, 0.3) is 10.9 Å². The Balaban J connectivity index is 0.000000131. The fourth-order valence-electron chi connectivity index (χ4n) is 23.4. The molecule has 11 aliphatic rings. The average molecular weight is 2150 g/mol. The van der Waals surface area contributed by atoms with Crippen LogP contribution in [0.1, 0.15) is 207 Å². The molecule has 8 N–H and O–H groups in total. The number of aryl methyl sites for hydroxylation is 4. The summed E-state index contributed by atoms with van der Waals surface area (Å²) in [5.41, 5.74) is 7.88. The molecule has 8 unspecified atom stereocenters. The van der Waals surface area contributed by atoms with Crippen LogP contribution in [-0.2, 0) is 14.4 Å². The molecule has 4 aromatic heterocycles. The van der Waals surface area contributed by atoms with Crippen molar-refractivity contribution in [3.63, 3.8) is 0 Å². The van der Waals surface area contributed by atoms with E-state index in [9.17, 15) is 39.2 Å². The van der Waals surface area contributed by atoms with Crippen LogP contribution < -0.4 is 40.9 Å². The largest absolute Gasteiger partial charge is 0.481 e. The summed E-state index contributed by atoms with van der Waals surface area (Å²) in [6.07, 6.45) is 19.3. The Labute approximate surface area is 872 Å². The highest BCUT2D eigenvalue weighted by Crippen LogP contribution is 2.51. The van der Waals surface area contributed by atoms with E-state index in [0.717, 1.165) is 265 Å². The normalized spacial score (nSPS) is 26.0. The minimum Gasteiger partial charge on any atom is -0.481 e. The maximum Gasteiger partial charge on any atom is 0.309 e. The number of hydrogen-bond donors (Lipinski definition) is 8. The zero-order valence-electron chi connectivity index (χ0n) is 83.6. The summed E-state index contributed by atoms with van der Waals surface area (Å²) in [6, 6.07) is 33.5. The number of hydrogen-bond acceptors (Lipinski definition) is 24. The molecule has 0 amide bonds. The third-order valence-electron chi connectivity index (χ3n) is 32.8. The van der Waals surface area contributed by atoms with Gasteiger partial charge in [0.2, 0.25) is 23.8 Å². The van der Waals surface area contributed by atoms with E-state index in [4.69, 9.17) is 66.3 Å². The highest BCUT2D eigenvalue weighted by Gasteiger charge is 2.54. The molecule has 3 saturated carbocycles. The third kappa shape index (κ3) is 24.1. The predicted molar refractivity (Wildman–Crippen MR) is 572 cm³/mol. The zero-order chi connectivity index (χ0) is 100. The molecule has 8 saturated heterocycles. The quantitative estimate of drug-likeness (QED) is 0.0226. The number of benzene rings is 5. The van der Waals surface area contributed by atoms with Crippen molar-refractivity contribution >= 4 is 154 Å². The molecule has 8 atom stereocenters. The number of rotatable bonds is 28. The van der Waals surface area contributed by atoms with Gasteiger partial charge in [0.05, 0.1) is 67.7 Å². The van der Waals surface area contributed by atoms with Crippen LogP contribution in [-0.4, -0.2) is 234 Å². The van der Waals surface area contributed by atoms with Crippen LogP contribution in [0.5, 0.6) is 0 Å². The van der Waals surface area contributed by atoms with Crippen molar-refractivity contribution < 1.29 is 39.2 Å². The van der Waals surface area contributed by atoms with Gasteiger partial charge in [0.25, 0.3) is 0 Å². The second-order valence-electron chi connectivity index (χ2n) is 43.6. The molecular weight excluding hydrogens is 2010 g/mol. The number of aliphatic carboxylic acids is 3. The smallest absolute Gasteiger partial charge is 0.309 e. The summed E-state index contributed by atoms with van der Waals surface area (Å²) in [5, 5.41) is 55.3. The molecule has 34 heteroatoms. The molecule has 20 rings (SSSR count). The summed E-state index contributed by atoms with van der Waals surface area (Å²) >= 11 is 33.1. The van der Waals surface area contributed by atoms with Crippen molar-refractivity contribution in [1.29, 1.82) is 0 Å².